The molecule has 0 spiro atoms. The van der Waals surface area contributed by atoms with E-state index in [1.54, 1.807) is 17.9 Å². The number of nitrogens with zero attached hydrogens (tertiary/aromatic N) is 1. The van der Waals surface area contributed by atoms with Gasteiger partial charge in [-0.25, -0.2) is 4.79 Å². The van der Waals surface area contributed by atoms with E-state index in [0.717, 1.165) is 11.1 Å². The molecule has 2 aromatic carbocycles. The van der Waals surface area contributed by atoms with Crippen molar-refractivity contribution in [3.05, 3.63) is 65.7 Å². The minimum atomic E-state index is -0.700. The molecule has 5 heteroatoms. The number of carbonyl (C=O) groups excluding carboxylic acids is 2. The van der Waals surface area contributed by atoms with Gasteiger partial charge in [-0.2, -0.15) is 0 Å². The molecule has 0 fully saturated rings. The van der Waals surface area contributed by atoms with Crippen molar-refractivity contribution in [1.82, 2.24) is 4.90 Å². The molecule has 0 saturated carbocycles. The molecule has 2 N–H and O–H groups in total. The van der Waals surface area contributed by atoms with Crippen LogP contribution in [0.3, 0.4) is 0 Å². The molecular weight excluding hydrogens is 364 g/mol. The van der Waals surface area contributed by atoms with Crippen LogP contribution in [-0.2, 0) is 27.3 Å². The largest absolute Gasteiger partial charge is 0.464 e. The Hall–Kier alpha value is -2.82. The lowest BCUT2D eigenvalue weighted by molar-refractivity contribution is -0.156. The molecule has 2 rings (SSSR count). The maximum atomic E-state index is 13.3. The summed E-state index contributed by atoms with van der Waals surface area (Å²) in [5.74, 6) is -0.462. The Morgan fingerprint density at radius 2 is 1.69 bits per heavy atom. The fourth-order valence-electron chi connectivity index (χ4n) is 3.21. The number of nitrogen functional groups attached to an aromatic ring is 1. The van der Waals surface area contributed by atoms with E-state index in [4.69, 9.17) is 10.5 Å². The maximum Gasteiger partial charge on any atom is 0.329 e. The molecule has 1 atom stereocenters. The molecule has 0 saturated heterocycles. The van der Waals surface area contributed by atoms with Crippen LogP contribution in [0, 0.1) is 5.41 Å². The number of esters is 1. The molecule has 2 aromatic rings. The molecule has 0 radical (unpaired) electrons. The summed E-state index contributed by atoms with van der Waals surface area (Å²) in [5, 5.41) is 0. The second-order valence-corrected chi connectivity index (χ2v) is 8.46. The van der Waals surface area contributed by atoms with E-state index in [2.05, 4.69) is 0 Å². The fourth-order valence-corrected chi connectivity index (χ4v) is 3.21. The molecular formula is C24H32N2O3. The van der Waals surface area contributed by atoms with Gasteiger partial charge in [0.15, 0.2) is 0 Å². The van der Waals surface area contributed by atoms with Crippen molar-refractivity contribution < 1.29 is 14.3 Å². The molecule has 0 aliphatic heterocycles. The van der Waals surface area contributed by atoms with E-state index < -0.39 is 6.04 Å². The van der Waals surface area contributed by atoms with Crippen LogP contribution >= 0.6 is 0 Å². The molecule has 156 valence electrons. The lowest BCUT2D eigenvalue weighted by Gasteiger charge is -2.33. The van der Waals surface area contributed by atoms with Crippen LogP contribution in [-0.4, -0.2) is 29.4 Å². The molecule has 5 nitrogen and oxygen atoms in total. The Bertz CT molecular complexity index is 812. The molecule has 29 heavy (non-hydrogen) atoms. The van der Waals surface area contributed by atoms with Crippen molar-refractivity contribution in [2.24, 2.45) is 5.41 Å². The first-order chi connectivity index (χ1) is 13.7. The summed E-state index contributed by atoms with van der Waals surface area (Å²) >= 11 is 0. The second kappa shape index (κ2) is 10.1. The number of rotatable bonds is 8. The second-order valence-electron chi connectivity index (χ2n) is 8.46. The number of amides is 1. The molecule has 0 aliphatic carbocycles. The number of hydrogen-bond donors (Lipinski definition) is 1. The van der Waals surface area contributed by atoms with Gasteiger partial charge in [-0.15, -0.1) is 0 Å². The van der Waals surface area contributed by atoms with Gasteiger partial charge in [0.1, 0.15) is 6.04 Å². The van der Waals surface area contributed by atoms with Crippen molar-refractivity contribution in [2.45, 2.75) is 53.1 Å². The molecule has 0 aromatic heterocycles. The van der Waals surface area contributed by atoms with Crippen molar-refractivity contribution in [2.75, 3.05) is 12.3 Å². The highest BCUT2D eigenvalue weighted by Gasteiger charge is 2.33. The van der Waals surface area contributed by atoms with Gasteiger partial charge in [0.25, 0.3) is 0 Å². The van der Waals surface area contributed by atoms with Gasteiger partial charge in [0.05, 0.1) is 6.61 Å². The van der Waals surface area contributed by atoms with Crippen LogP contribution in [0.25, 0.3) is 0 Å². The van der Waals surface area contributed by atoms with Gasteiger partial charge in [-0.1, -0.05) is 63.2 Å². The number of carbonyl (C=O) groups is 2. The van der Waals surface area contributed by atoms with E-state index in [0.29, 0.717) is 25.1 Å². The SMILES string of the molecule is CCOC(=O)[C@H](Cc1ccccc1)N(Cc1cccc(N)c1)C(=O)CC(C)(C)C. The van der Waals surface area contributed by atoms with Crippen LogP contribution in [0.2, 0.25) is 0 Å². The summed E-state index contributed by atoms with van der Waals surface area (Å²) < 4.78 is 5.34. The predicted octanol–water partition coefficient (Wildman–Crippen LogP) is 4.21. The third-order valence-electron chi connectivity index (χ3n) is 4.51. The summed E-state index contributed by atoms with van der Waals surface area (Å²) in [4.78, 5) is 27.8. The standard InChI is InChI=1S/C24H32N2O3/c1-5-29-23(28)21(15-18-10-7-6-8-11-18)26(22(27)16-24(2,3)4)17-19-12-9-13-20(25)14-19/h6-14,21H,5,15-17,25H2,1-4H3/t21-/m0/s1. The average molecular weight is 397 g/mol. The lowest BCUT2D eigenvalue weighted by atomic mass is 9.91. The lowest BCUT2D eigenvalue weighted by Crippen LogP contribution is -2.47. The summed E-state index contributed by atoms with van der Waals surface area (Å²) in [6.07, 6.45) is 0.734. The van der Waals surface area contributed by atoms with E-state index in [1.165, 1.54) is 0 Å². The molecule has 1 amide bonds. The van der Waals surface area contributed by atoms with Crippen molar-refractivity contribution >= 4 is 17.6 Å². The quantitative estimate of drug-likeness (QED) is 0.536. The minimum absolute atomic E-state index is 0.0751. The summed E-state index contributed by atoms with van der Waals surface area (Å²) in [6.45, 7) is 8.39. The summed E-state index contributed by atoms with van der Waals surface area (Å²) in [6, 6.07) is 16.4. The highest BCUT2D eigenvalue weighted by molar-refractivity contribution is 5.85. The first-order valence-electron chi connectivity index (χ1n) is 10.0. The van der Waals surface area contributed by atoms with Crippen LogP contribution in [0.5, 0.6) is 0 Å². The Balaban J connectivity index is 2.40. The smallest absolute Gasteiger partial charge is 0.329 e. The van der Waals surface area contributed by atoms with Crippen LogP contribution in [0.1, 0.15) is 45.2 Å². The van der Waals surface area contributed by atoms with Crippen LogP contribution in [0.4, 0.5) is 5.69 Å². The van der Waals surface area contributed by atoms with Crippen LogP contribution in [0.15, 0.2) is 54.6 Å². The first kappa shape index (κ1) is 22.5. The van der Waals surface area contributed by atoms with Gasteiger partial charge < -0.3 is 15.4 Å². The van der Waals surface area contributed by atoms with Gasteiger partial charge in [-0.05, 0) is 35.6 Å². The number of ether oxygens (including phenoxy) is 1. The number of hydrogen-bond acceptors (Lipinski definition) is 4. The first-order valence-corrected chi connectivity index (χ1v) is 10.0. The van der Waals surface area contributed by atoms with Gasteiger partial charge in [0, 0.05) is 25.1 Å². The molecule has 0 heterocycles. The highest BCUT2D eigenvalue weighted by atomic mass is 16.5. The van der Waals surface area contributed by atoms with Crippen LogP contribution < -0.4 is 5.73 Å². The normalized spacial score (nSPS) is 12.3. The molecule has 0 unspecified atom stereocenters. The highest BCUT2D eigenvalue weighted by Crippen LogP contribution is 2.24. The maximum absolute atomic E-state index is 13.3. The fraction of sp³-hybridized carbons (Fsp3) is 0.417. The minimum Gasteiger partial charge on any atom is -0.464 e. The summed E-state index contributed by atoms with van der Waals surface area (Å²) in [7, 11) is 0. The van der Waals surface area contributed by atoms with Crippen molar-refractivity contribution in [3.8, 4) is 0 Å². The van der Waals surface area contributed by atoms with Gasteiger partial charge >= 0.3 is 5.97 Å². The number of benzene rings is 2. The Morgan fingerprint density at radius 3 is 2.28 bits per heavy atom. The van der Waals surface area contributed by atoms with Gasteiger partial charge in [0.2, 0.25) is 5.91 Å². The van der Waals surface area contributed by atoms with Gasteiger partial charge in [-0.3, -0.25) is 4.79 Å². The van der Waals surface area contributed by atoms with Crippen molar-refractivity contribution in [3.63, 3.8) is 0 Å². The number of anilines is 1. The predicted molar refractivity (Wildman–Crippen MR) is 116 cm³/mol. The van der Waals surface area contributed by atoms with E-state index >= 15 is 0 Å². The molecule has 0 bridgehead atoms. The Morgan fingerprint density at radius 1 is 1.03 bits per heavy atom. The third kappa shape index (κ3) is 7.26. The van der Waals surface area contributed by atoms with E-state index in [-0.39, 0.29) is 23.9 Å². The average Bonchev–Trinajstić information content (AvgIpc) is 2.64. The zero-order valence-electron chi connectivity index (χ0n) is 17.9. The monoisotopic (exact) mass is 396 g/mol. The zero-order chi connectivity index (χ0) is 21.4. The van der Waals surface area contributed by atoms with E-state index in [1.807, 2.05) is 69.3 Å². The zero-order valence-corrected chi connectivity index (χ0v) is 17.9. The summed E-state index contributed by atoms with van der Waals surface area (Å²) in [5.41, 5.74) is 8.22. The molecule has 0 aliphatic rings. The Labute approximate surface area is 173 Å². The number of nitrogens with two attached hydrogens (primary N) is 1. The van der Waals surface area contributed by atoms with E-state index in [9.17, 15) is 9.59 Å². The Kier molecular flexibility index (Phi) is 7.82. The van der Waals surface area contributed by atoms with Crippen molar-refractivity contribution in [1.29, 1.82) is 0 Å². The third-order valence-corrected chi connectivity index (χ3v) is 4.51. The topological polar surface area (TPSA) is 72.6 Å².